The van der Waals surface area contributed by atoms with E-state index >= 15 is 0 Å². The van der Waals surface area contributed by atoms with Crippen LogP contribution in [0.1, 0.15) is 17.9 Å². The maximum Gasteiger partial charge on any atom is 0.220 e. The van der Waals surface area contributed by atoms with E-state index < -0.39 is 0 Å². The van der Waals surface area contributed by atoms with Crippen LogP contribution < -0.4 is 10.1 Å². The summed E-state index contributed by atoms with van der Waals surface area (Å²) < 4.78 is 10.9. The number of amides is 1. The van der Waals surface area contributed by atoms with Gasteiger partial charge >= 0.3 is 0 Å². The number of hydrogen-bond donors (Lipinski definition) is 1. The van der Waals surface area contributed by atoms with Crippen molar-refractivity contribution in [3.05, 3.63) is 71.2 Å². The molecule has 0 aliphatic carbocycles. The van der Waals surface area contributed by atoms with E-state index in [9.17, 15) is 4.79 Å². The molecule has 0 atom stereocenters. The lowest BCUT2D eigenvalue weighted by atomic mass is 10.2. The van der Waals surface area contributed by atoms with Gasteiger partial charge in [-0.2, -0.15) is 0 Å². The summed E-state index contributed by atoms with van der Waals surface area (Å²) in [6.45, 7) is 0.404. The molecule has 1 amide bonds. The maximum atomic E-state index is 12.0. The number of aryl methyl sites for hydroxylation is 1. The number of nitrogens with one attached hydrogen (secondary N) is 1. The van der Waals surface area contributed by atoms with Gasteiger partial charge in [-0.1, -0.05) is 29.8 Å². The standard InChI is InChI=1S/C20H19ClN2O3/c1-25-16-8-6-14(7-9-16)18-13-23-20(26-18)11-10-19(24)22-12-15-4-2-3-5-17(15)21/h2-9,13H,10-12H2,1H3,(H,22,24). The fraction of sp³-hybridized carbons (Fsp3) is 0.200. The van der Waals surface area contributed by atoms with Crippen LogP contribution in [0.25, 0.3) is 11.3 Å². The Morgan fingerprint density at radius 1 is 1.19 bits per heavy atom. The predicted octanol–water partition coefficient (Wildman–Crippen LogP) is 4.25. The summed E-state index contributed by atoms with van der Waals surface area (Å²) in [4.78, 5) is 16.3. The number of hydrogen-bond acceptors (Lipinski definition) is 4. The van der Waals surface area contributed by atoms with Crippen LogP contribution in [0.4, 0.5) is 0 Å². The molecule has 1 aromatic heterocycles. The molecule has 5 nitrogen and oxygen atoms in total. The first-order chi connectivity index (χ1) is 12.7. The predicted molar refractivity (Wildman–Crippen MR) is 100 cm³/mol. The molecule has 3 aromatic rings. The lowest BCUT2D eigenvalue weighted by molar-refractivity contribution is -0.121. The van der Waals surface area contributed by atoms with E-state index in [1.807, 2.05) is 42.5 Å². The topological polar surface area (TPSA) is 64.4 Å². The van der Waals surface area contributed by atoms with Crippen LogP contribution in [-0.4, -0.2) is 18.0 Å². The highest BCUT2D eigenvalue weighted by atomic mass is 35.5. The van der Waals surface area contributed by atoms with E-state index in [1.165, 1.54) is 0 Å². The lowest BCUT2D eigenvalue weighted by Crippen LogP contribution is -2.23. The van der Waals surface area contributed by atoms with Gasteiger partial charge in [-0.15, -0.1) is 0 Å². The highest BCUT2D eigenvalue weighted by molar-refractivity contribution is 6.31. The highest BCUT2D eigenvalue weighted by Gasteiger charge is 2.10. The van der Waals surface area contributed by atoms with Gasteiger partial charge in [0.25, 0.3) is 0 Å². The molecule has 0 radical (unpaired) electrons. The van der Waals surface area contributed by atoms with Gasteiger partial charge in [-0.25, -0.2) is 4.98 Å². The van der Waals surface area contributed by atoms with Gasteiger partial charge < -0.3 is 14.5 Å². The number of nitrogens with zero attached hydrogens (tertiary/aromatic N) is 1. The molecule has 3 rings (SSSR count). The number of ether oxygens (including phenoxy) is 1. The molecule has 0 fully saturated rings. The Balaban J connectivity index is 1.51. The Kier molecular flexibility index (Phi) is 5.92. The molecule has 1 N–H and O–H groups in total. The Hall–Kier alpha value is -2.79. The molecule has 134 valence electrons. The van der Waals surface area contributed by atoms with E-state index in [1.54, 1.807) is 19.4 Å². The van der Waals surface area contributed by atoms with Crippen molar-refractivity contribution in [3.8, 4) is 17.1 Å². The van der Waals surface area contributed by atoms with Gasteiger partial charge in [0.15, 0.2) is 11.7 Å². The zero-order chi connectivity index (χ0) is 18.4. The van der Waals surface area contributed by atoms with Crippen molar-refractivity contribution < 1.29 is 13.9 Å². The summed E-state index contributed by atoms with van der Waals surface area (Å²) >= 11 is 6.08. The van der Waals surface area contributed by atoms with Crippen molar-refractivity contribution in [2.75, 3.05) is 7.11 Å². The average molecular weight is 371 g/mol. The van der Waals surface area contributed by atoms with Crippen molar-refractivity contribution in [2.24, 2.45) is 0 Å². The molecule has 0 bridgehead atoms. The summed E-state index contributed by atoms with van der Waals surface area (Å²) in [6.07, 6.45) is 2.40. The van der Waals surface area contributed by atoms with E-state index in [0.29, 0.717) is 36.1 Å². The van der Waals surface area contributed by atoms with Gasteiger partial charge in [0.2, 0.25) is 5.91 Å². The lowest BCUT2D eigenvalue weighted by Gasteiger charge is -2.06. The van der Waals surface area contributed by atoms with Gasteiger partial charge in [0, 0.05) is 30.0 Å². The number of carbonyl (C=O) groups excluding carboxylic acids is 1. The molecule has 0 saturated carbocycles. The Morgan fingerprint density at radius 3 is 2.69 bits per heavy atom. The van der Waals surface area contributed by atoms with Crippen molar-refractivity contribution in [3.63, 3.8) is 0 Å². The normalized spacial score (nSPS) is 10.5. The minimum atomic E-state index is -0.0749. The van der Waals surface area contributed by atoms with E-state index in [0.717, 1.165) is 16.9 Å². The Labute approximate surface area is 157 Å². The molecule has 0 spiro atoms. The maximum absolute atomic E-state index is 12.0. The summed E-state index contributed by atoms with van der Waals surface area (Å²) in [5.74, 6) is 1.90. The highest BCUT2D eigenvalue weighted by Crippen LogP contribution is 2.23. The van der Waals surface area contributed by atoms with Crippen molar-refractivity contribution >= 4 is 17.5 Å². The van der Waals surface area contributed by atoms with Crippen LogP contribution in [0.3, 0.4) is 0 Å². The van der Waals surface area contributed by atoms with E-state index in [-0.39, 0.29) is 5.91 Å². The quantitative estimate of drug-likeness (QED) is 0.675. The average Bonchev–Trinajstić information content (AvgIpc) is 3.15. The third-order valence-corrected chi connectivity index (χ3v) is 4.30. The molecule has 6 heteroatoms. The first-order valence-corrected chi connectivity index (χ1v) is 8.63. The van der Waals surface area contributed by atoms with E-state index in [2.05, 4.69) is 10.3 Å². The molecule has 0 aliphatic heterocycles. The SMILES string of the molecule is COc1ccc(-c2cnc(CCC(=O)NCc3ccccc3Cl)o2)cc1. The van der Waals surface area contributed by atoms with Crippen LogP contribution in [0.2, 0.25) is 5.02 Å². The first kappa shape index (κ1) is 18.0. The molecule has 0 aliphatic rings. The van der Waals surface area contributed by atoms with Gasteiger partial charge in [-0.3, -0.25) is 4.79 Å². The van der Waals surface area contributed by atoms with Crippen molar-refractivity contribution in [2.45, 2.75) is 19.4 Å². The van der Waals surface area contributed by atoms with Crippen molar-refractivity contribution in [1.82, 2.24) is 10.3 Å². The summed E-state index contributed by atoms with van der Waals surface area (Å²) in [5, 5.41) is 3.50. The number of halogens is 1. The summed E-state index contributed by atoms with van der Waals surface area (Å²) in [7, 11) is 1.62. The number of aromatic nitrogens is 1. The number of methoxy groups -OCH3 is 1. The largest absolute Gasteiger partial charge is 0.497 e. The van der Waals surface area contributed by atoms with Gasteiger partial charge in [-0.05, 0) is 35.9 Å². The number of oxazole rings is 1. The van der Waals surface area contributed by atoms with Crippen LogP contribution in [0.5, 0.6) is 5.75 Å². The zero-order valence-corrected chi connectivity index (χ0v) is 15.1. The number of rotatable bonds is 7. The zero-order valence-electron chi connectivity index (χ0n) is 14.4. The minimum absolute atomic E-state index is 0.0749. The monoisotopic (exact) mass is 370 g/mol. The number of benzene rings is 2. The molecule has 26 heavy (non-hydrogen) atoms. The van der Waals surface area contributed by atoms with Crippen molar-refractivity contribution in [1.29, 1.82) is 0 Å². The fourth-order valence-corrected chi connectivity index (χ4v) is 2.66. The van der Waals surface area contributed by atoms with Crippen LogP contribution >= 0.6 is 11.6 Å². The molecular formula is C20H19ClN2O3. The first-order valence-electron chi connectivity index (χ1n) is 8.25. The Morgan fingerprint density at radius 2 is 1.96 bits per heavy atom. The van der Waals surface area contributed by atoms with Crippen LogP contribution in [0, 0.1) is 0 Å². The minimum Gasteiger partial charge on any atom is -0.497 e. The molecule has 0 unspecified atom stereocenters. The van der Waals surface area contributed by atoms with Crippen LogP contribution in [-0.2, 0) is 17.8 Å². The second-order valence-electron chi connectivity index (χ2n) is 5.71. The molecule has 1 heterocycles. The van der Waals surface area contributed by atoms with Crippen LogP contribution in [0.15, 0.2) is 59.1 Å². The Bertz CT molecular complexity index is 875. The summed E-state index contributed by atoms with van der Waals surface area (Å²) in [5.41, 5.74) is 1.80. The summed E-state index contributed by atoms with van der Waals surface area (Å²) in [6, 6.07) is 15.0. The fourth-order valence-electron chi connectivity index (χ4n) is 2.46. The molecule has 0 saturated heterocycles. The van der Waals surface area contributed by atoms with E-state index in [4.69, 9.17) is 20.8 Å². The second-order valence-corrected chi connectivity index (χ2v) is 6.12. The number of carbonyl (C=O) groups is 1. The third-order valence-electron chi connectivity index (χ3n) is 3.93. The molecular weight excluding hydrogens is 352 g/mol. The van der Waals surface area contributed by atoms with Gasteiger partial charge in [0.1, 0.15) is 5.75 Å². The molecule has 2 aromatic carbocycles. The van der Waals surface area contributed by atoms with Gasteiger partial charge in [0.05, 0.1) is 13.3 Å². The third kappa shape index (κ3) is 4.64. The second kappa shape index (κ2) is 8.54. The smallest absolute Gasteiger partial charge is 0.220 e.